The van der Waals surface area contributed by atoms with Gasteiger partial charge in [0, 0.05) is 30.2 Å². The second-order valence-corrected chi connectivity index (χ2v) is 6.84. The Balaban J connectivity index is 1.96. The summed E-state index contributed by atoms with van der Waals surface area (Å²) in [5.41, 5.74) is 3.35. The zero-order valence-corrected chi connectivity index (χ0v) is 13.2. The van der Waals surface area contributed by atoms with E-state index >= 15 is 0 Å². The van der Waals surface area contributed by atoms with Gasteiger partial charge < -0.3 is 10.0 Å². The number of aliphatic carboxylic acids is 1. The molecule has 0 spiro atoms. The van der Waals surface area contributed by atoms with Gasteiger partial charge in [-0.1, -0.05) is 0 Å². The molecule has 0 amide bonds. The number of likely N-dealkylation sites (N-methyl/N-ethyl adjacent to an activating group) is 1. The minimum atomic E-state index is -0.953. The molecular formula is C16H18N2O2S. The number of nitrogens with zero attached hydrogens (tertiary/aromatic N) is 2. The fourth-order valence-electron chi connectivity index (χ4n) is 2.50. The molecule has 0 saturated carbocycles. The second-order valence-electron chi connectivity index (χ2n) is 5.98. The van der Waals surface area contributed by atoms with E-state index in [1.54, 1.807) is 13.8 Å². The monoisotopic (exact) mass is 302 g/mol. The van der Waals surface area contributed by atoms with Crippen molar-refractivity contribution in [1.29, 1.82) is 0 Å². The zero-order valence-electron chi connectivity index (χ0n) is 12.4. The summed E-state index contributed by atoms with van der Waals surface area (Å²) in [4.78, 5) is 18.1. The molecule has 1 aromatic heterocycles. The van der Waals surface area contributed by atoms with Crippen LogP contribution in [0.3, 0.4) is 0 Å². The first kappa shape index (κ1) is 14.1. The minimum Gasteiger partial charge on any atom is -0.481 e. The Morgan fingerprint density at radius 1 is 1.43 bits per heavy atom. The van der Waals surface area contributed by atoms with E-state index in [0.717, 1.165) is 23.5 Å². The highest BCUT2D eigenvalue weighted by Crippen LogP contribution is 2.34. The number of thiazole rings is 1. The summed E-state index contributed by atoms with van der Waals surface area (Å²) in [5.74, 6) is -0.852. The van der Waals surface area contributed by atoms with Crippen LogP contribution in [0.15, 0.2) is 23.6 Å². The van der Waals surface area contributed by atoms with Crippen molar-refractivity contribution >= 4 is 23.0 Å². The zero-order chi connectivity index (χ0) is 15.2. The molecular weight excluding hydrogens is 284 g/mol. The quantitative estimate of drug-likeness (QED) is 0.946. The number of aromatic nitrogens is 1. The van der Waals surface area contributed by atoms with Crippen LogP contribution in [0, 0.1) is 0 Å². The predicted octanol–water partition coefficient (Wildman–Crippen LogP) is 3.16. The number of fused-ring (bicyclic) bond motifs is 1. The molecule has 0 atom stereocenters. The van der Waals surface area contributed by atoms with Gasteiger partial charge in [0.2, 0.25) is 0 Å². The first-order valence-electron chi connectivity index (χ1n) is 6.93. The van der Waals surface area contributed by atoms with Gasteiger partial charge in [0.25, 0.3) is 0 Å². The molecule has 4 nitrogen and oxygen atoms in total. The summed E-state index contributed by atoms with van der Waals surface area (Å²) in [7, 11) is 2.10. The topological polar surface area (TPSA) is 53.4 Å². The van der Waals surface area contributed by atoms with Gasteiger partial charge in [-0.2, -0.15) is 0 Å². The van der Waals surface area contributed by atoms with Crippen molar-refractivity contribution < 1.29 is 9.90 Å². The van der Waals surface area contributed by atoms with E-state index in [4.69, 9.17) is 0 Å². The molecule has 5 heteroatoms. The Bertz CT molecular complexity index is 706. The van der Waals surface area contributed by atoms with Gasteiger partial charge in [-0.25, -0.2) is 4.98 Å². The van der Waals surface area contributed by atoms with E-state index in [2.05, 4.69) is 35.1 Å². The van der Waals surface area contributed by atoms with Gasteiger partial charge in [0.1, 0.15) is 10.4 Å². The lowest BCUT2D eigenvalue weighted by Gasteiger charge is -2.15. The standard InChI is InChI=1S/C16H18N2O2S/c1-16(2,15(19)20)13-9-21-14(17-13)11-4-5-12-10(8-11)6-7-18(12)3/h4-5,8-9H,6-7H2,1-3H3,(H,19,20). The number of rotatable bonds is 3. The molecule has 0 radical (unpaired) electrons. The fraction of sp³-hybridized carbons (Fsp3) is 0.375. The molecule has 0 fully saturated rings. The van der Waals surface area contributed by atoms with Crippen LogP contribution in [0.5, 0.6) is 0 Å². The normalized spacial score (nSPS) is 14.3. The summed E-state index contributed by atoms with van der Waals surface area (Å²) in [6.07, 6.45) is 1.05. The molecule has 21 heavy (non-hydrogen) atoms. The third-order valence-corrected chi connectivity index (χ3v) is 5.02. The smallest absolute Gasteiger partial charge is 0.315 e. The maximum absolute atomic E-state index is 11.3. The molecule has 0 aliphatic carbocycles. The van der Waals surface area contributed by atoms with E-state index < -0.39 is 11.4 Å². The molecule has 0 saturated heterocycles. The summed E-state index contributed by atoms with van der Waals surface area (Å²) in [5, 5.41) is 12.0. The van der Waals surface area contributed by atoms with Crippen molar-refractivity contribution in [2.75, 3.05) is 18.5 Å². The summed E-state index contributed by atoms with van der Waals surface area (Å²) < 4.78 is 0. The van der Waals surface area contributed by atoms with Crippen molar-refractivity contribution in [3.63, 3.8) is 0 Å². The first-order chi connectivity index (χ1) is 9.89. The van der Waals surface area contributed by atoms with Crippen molar-refractivity contribution in [2.45, 2.75) is 25.7 Å². The molecule has 1 N–H and O–H groups in total. The number of carbonyl (C=O) groups is 1. The SMILES string of the molecule is CN1CCc2cc(-c3nc(C(C)(C)C(=O)O)cs3)ccc21. The second kappa shape index (κ2) is 4.84. The average Bonchev–Trinajstić information content (AvgIpc) is 3.06. The van der Waals surface area contributed by atoms with Crippen molar-refractivity contribution in [2.24, 2.45) is 0 Å². The van der Waals surface area contributed by atoms with Gasteiger partial charge in [-0.15, -0.1) is 11.3 Å². The highest BCUT2D eigenvalue weighted by atomic mass is 32.1. The van der Waals surface area contributed by atoms with Crippen LogP contribution >= 0.6 is 11.3 Å². The molecule has 110 valence electrons. The Morgan fingerprint density at radius 3 is 2.90 bits per heavy atom. The molecule has 1 aliphatic heterocycles. The highest BCUT2D eigenvalue weighted by Gasteiger charge is 2.32. The van der Waals surface area contributed by atoms with Crippen molar-refractivity contribution in [3.05, 3.63) is 34.8 Å². The average molecular weight is 302 g/mol. The molecule has 0 bridgehead atoms. The van der Waals surface area contributed by atoms with Gasteiger partial charge in [0.15, 0.2) is 0 Å². The maximum Gasteiger partial charge on any atom is 0.315 e. The van der Waals surface area contributed by atoms with E-state index in [9.17, 15) is 9.90 Å². The van der Waals surface area contributed by atoms with E-state index in [1.165, 1.54) is 22.6 Å². The molecule has 0 unspecified atom stereocenters. The van der Waals surface area contributed by atoms with Crippen LogP contribution in [-0.2, 0) is 16.6 Å². The van der Waals surface area contributed by atoms with Gasteiger partial charge >= 0.3 is 5.97 Å². The maximum atomic E-state index is 11.3. The number of carboxylic acids is 1. The van der Waals surface area contributed by atoms with E-state index in [0.29, 0.717) is 5.69 Å². The van der Waals surface area contributed by atoms with Crippen LogP contribution in [-0.4, -0.2) is 29.7 Å². The number of hydrogen-bond acceptors (Lipinski definition) is 4. The summed E-state index contributed by atoms with van der Waals surface area (Å²) in [6, 6.07) is 6.37. The third-order valence-electron chi connectivity index (χ3n) is 4.13. The fourth-order valence-corrected chi connectivity index (χ4v) is 3.49. The van der Waals surface area contributed by atoms with Crippen LogP contribution in [0.1, 0.15) is 25.1 Å². The molecule has 2 heterocycles. The molecule has 1 aliphatic rings. The van der Waals surface area contributed by atoms with Crippen LogP contribution in [0.4, 0.5) is 5.69 Å². The van der Waals surface area contributed by atoms with Crippen LogP contribution < -0.4 is 4.90 Å². The highest BCUT2D eigenvalue weighted by molar-refractivity contribution is 7.13. The molecule has 2 aromatic rings. The largest absolute Gasteiger partial charge is 0.481 e. The third kappa shape index (κ3) is 2.31. The van der Waals surface area contributed by atoms with Crippen LogP contribution in [0.2, 0.25) is 0 Å². The van der Waals surface area contributed by atoms with E-state index in [1.807, 2.05) is 5.38 Å². The van der Waals surface area contributed by atoms with Crippen LogP contribution in [0.25, 0.3) is 10.6 Å². The lowest BCUT2D eigenvalue weighted by Crippen LogP contribution is -2.28. The van der Waals surface area contributed by atoms with Gasteiger partial charge in [-0.05, 0) is 44.0 Å². The van der Waals surface area contributed by atoms with Gasteiger partial charge in [0.05, 0.1) is 5.69 Å². The molecule has 3 rings (SSSR count). The van der Waals surface area contributed by atoms with Crippen molar-refractivity contribution in [1.82, 2.24) is 4.98 Å². The van der Waals surface area contributed by atoms with E-state index in [-0.39, 0.29) is 0 Å². The number of anilines is 1. The first-order valence-corrected chi connectivity index (χ1v) is 7.81. The Morgan fingerprint density at radius 2 is 2.19 bits per heavy atom. The summed E-state index contributed by atoms with van der Waals surface area (Å²) in [6.45, 7) is 4.42. The van der Waals surface area contributed by atoms with Crippen molar-refractivity contribution in [3.8, 4) is 10.6 Å². The summed E-state index contributed by atoms with van der Waals surface area (Å²) >= 11 is 1.51. The predicted molar refractivity (Wildman–Crippen MR) is 85.2 cm³/mol. The Hall–Kier alpha value is -1.88. The Kier molecular flexibility index (Phi) is 3.24. The molecule has 1 aromatic carbocycles. The number of carboxylic acid groups (broad SMARTS) is 1. The Labute approximate surface area is 128 Å². The minimum absolute atomic E-state index is 0.618. The van der Waals surface area contributed by atoms with Gasteiger partial charge in [-0.3, -0.25) is 4.79 Å². The lowest BCUT2D eigenvalue weighted by molar-refractivity contribution is -0.142. The lowest BCUT2D eigenvalue weighted by atomic mass is 9.90. The number of benzene rings is 1. The number of hydrogen-bond donors (Lipinski definition) is 1.